The zero-order valence-electron chi connectivity index (χ0n) is 11.7. The van der Waals surface area contributed by atoms with E-state index in [1.54, 1.807) is 18.2 Å². The van der Waals surface area contributed by atoms with Crippen LogP contribution in [0.25, 0.3) is 0 Å². The molecule has 6 nitrogen and oxygen atoms in total. The number of nitrogens with one attached hydrogen (secondary N) is 2. The molecular formula is C13H14Cl2N4O2S. The number of thioether (sulfide) groups is 1. The van der Waals surface area contributed by atoms with Crippen LogP contribution in [0.2, 0.25) is 10.0 Å². The lowest BCUT2D eigenvalue weighted by Crippen LogP contribution is -2.18. The Bertz CT molecular complexity index is 709. The number of rotatable bonds is 6. The highest BCUT2D eigenvalue weighted by atomic mass is 35.5. The van der Waals surface area contributed by atoms with Crippen LogP contribution in [-0.2, 0) is 11.3 Å². The van der Waals surface area contributed by atoms with Gasteiger partial charge in [0.05, 0.1) is 21.5 Å². The summed E-state index contributed by atoms with van der Waals surface area (Å²) < 4.78 is 1.50. The van der Waals surface area contributed by atoms with E-state index in [1.165, 1.54) is 16.3 Å². The maximum absolute atomic E-state index is 12.0. The molecule has 2 aromatic rings. The molecule has 1 aromatic carbocycles. The molecule has 0 radical (unpaired) electrons. The standard InChI is InChI=1S/C13H14Cl2N4O2S/c1-2-6-19-12(21)17-18-13(19)22-7-10(20)16-11-8(14)4-3-5-9(11)15/h3-5H,2,6-7H2,1H3,(H,16,20)(H,17,21). The fourth-order valence-corrected chi connectivity index (χ4v) is 3.02. The molecule has 1 amide bonds. The highest BCUT2D eigenvalue weighted by Gasteiger charge is 2.13. The average molecular weight is 361 g/mol. The van der Waals surface area contributed by atoms with Crippen LogP contribution in [0.4, 0.5) is 5.69 Å². The van der Waals surface area contributed by atoms with Gasteiger partial charge in [-0.1, -0.05) is 48.0 Å². The topological polar surface area (TPSA) is 79.8 Å². The van der Waals surface area contributed by atoms with Crippen molar-refractivity contribution in [3.05, 3.63) is 38.7 Å². The molecule has 0 atom stereocenters. The number of benzene rings is 1. The number of amides is 1. The van der Waals surface area contributed by atoms with Crippen LogP contribution < -0.4 is 11.0 Å². The smallest absolute Gasteiger partial charge is 0.323 e. The number of para-hydroxylation sites is 1. The predicted octanol–water partition coefficient (Wildman–Crippen LogP) is 3.02. The van der Waals surface area contributed by atoms with Crippen LogP contribution in [0.15, 0.2) is 28.2 Å². The summed E-state index contributed by atoms with van der Waals surface area (Å²) in [5, 5.41) is 10.2. The number of H-pyrrole nitrogens is 1. The van der Waals surface area contributed by atoms with Crippen molar-refractivity contribution in [1.82, 2.24) is 14.8 Å². The number of halogens is 2. The van der Waals surface area contributed by atoms with Gasteiger partial charge in [-0.3, -0.25) is 9.36 Å². The first-order valence-electron chi connectivity index (χ1n) is 6.54. The molecule has 0 saturated carbocycles. The SMILES string of the molecule is CCCn1c(SCC(=O)Nc2c(Cl)cccc2Cl)n[nH]c1=O. The molecule has 118 valence electrons. The molecule has 0 aliphatic heterocycles. The minimum Gasteiger partial charge on any atom is -0.323 e. The maximum atomic E-state index is 12.0. The van der Waals surface area contributed by atoms with Crippen LogP contribution in [0, 0.1) is 0 Å². The third-order valence-corrected chi connectivity index (χ3v) is 4.34. The van der Waals surface area contributed by atoms with Crippen LogP contribution >= 0.6 is 35.0 Å². The largest absolute Gasteiger partial charge is 0.343 e. The van der Waals surface area contributed by atoms with E-state index in [0.29, 0.717) is 27.4 Å². The van der Waals surface area contributed by atoms with Crippen molar-refractivity contribution in [3.8, 4) is 0 Å². The average Bonchev–Trinajstić information content (AvgIpc) is 2.82. The van der Waals surface area contributed by atoms with Gasteiger partial charge in [-0.15, -0.1) is 5.10 Å². The Labute approximate surface area is 141 Å². The minimum atomic E-state index is -0.279. The number of hydrogen-bond donors (Lipinski definition) is 2. The number of carbonyl (C=O) groups excluding carboxylic acids is 1. The first-order valence-corrected chi connectivity index (χ1v) is 8.29. The quantitative estimate of drug-likeness (QED) is 0.775. The second kappa shape index (κ2) is 7.71. The summed E-state index contributed by atoms with van der Waals surface area (Å²) in [5.74, 6) is -0.186. The van der Waals surface area contributed by atoms with Crippen LogP contribution in [0.3, 0.4) is 0 Å². The van der Waals surface area contributed by atoms with Gasteiger partial charge in [0.25, 0.3) is 0 Å². The van der Waals surface area contributed by atoms with Gasteiger partial charge < -0.3 is 5.32 Å². The molecule has 0 fully saturated rings. The van der Waals surface area contributed by atoms with E-state index in [0.717, 1.165) is 6.42 Å². The van der Waals surface area contributed by atoms with E-state index in [4.69, 9.17) is 23.2 Å². The van der Waals surface area contributed by atoms with Crippen molar-refractivity contribution >= 4 is 46.6 Å². The lowest BCUT2D eigenvalue weighted by molar-refractivity contribution is -0.113. The monoisotopic (exact) mass is 360 g/mol. The zero-order valence-corrected chi connectivity index (χ0v) is 14.1. The molecule has 1 heterocycles. The molecule has 0 aliphatic rings. The molecule has 0 saturated heterocycles. The molecule has 22 heavy (non-hydrogen) atoms. The van der Waals surface area contributed by atoms with Crippen LogP contribution in [0.5, 0.6) is 0 Å². The summed E-state index contributed by atoms with van der Waals surface area (Å²) in [6.07, 6.45) is 0.800. The number of aromatic amines is 1. The fourth-order valence-electron chi connectivity index (χ4n) is 1.76. The Morgan fingerprint density at radius 3 is 2.73 bits per heavy atom. The maximum Gasteiger partial charge on any atom is 0.343 e. The molecule has 0 spiro atoms. The lowest BCUT2D eigenvalue weighted by atomic mass is 10.3. The van der Waals surface area contributed by atoms with Gasteiger partial charge in [0, 0.05) is 6.54 Å². The number of carbonyl (C=O) groups is 1. The second-order valence-electron chi connectivity index (χ2n) is 4.40. The van der Waals surface area contributed by atoms with Crippen molar-refractivity contribution in [2.45, 2.75) is 25.0 Å². The van der Waals surface area contributed by atoms with Gasteiger partial charge in [-0.05, 0) is 18.6 Å². The predicted molar refractivity (Wildman–Crippen MR) is 89.0 cm³/mol. The normalized spacial score (nSPS) is 10.7. The first kappa shape index (κ1) is 16.9. The van der Waals surface area contributed by atoms with Crippen molar-refractivity contribution < 1.29 is 4.79 Å². The molecule has 0 unspecified atom stereocenters. The Hall–Kier alpha value is -1.44. The van der Waals surface area contributed by atoms with Gasteiger partial charge in [0.1, 0.15) is 0 Å². The fraction of sp³-hybridized carbons (Fsp3) is 0.308. The van der Waals surface area contributed by atoms with Gasteiger partial charge in [0.2, 0.25) is 5.91 Å². The Kier molecular flexibility index (Phi) is 5.93. The Morgan fingerprint density at radius 2 is 2.09 bits per heavy atom. The van der Waals surface area contributed by atoms with E-state index in [9.17, 15) is 9.59 Å². The molecule has 9 heteroatoms. The van der Waals surface area contributed by atoms with Crippen LogP contribution in [0.1, 0.15) is 13.3 Å². The molecule has 2 N–H and O–H groups in total. The summed E-state index contributed by atoms with van der Waals surface area (Å²) >= 11 is 13.2. The summed E-state index contributed by atoms with van der Waals surface area (Å²) in [6, 6.07) is 4.98. The third kappa shape index (κ3) is 4.06. The van der Waals surface area contributed by atoms with Crippen molar-refractivity contribution in [2.24, 2.45) is 0 Å². The Balaban J connectivity index is 2.00. The molecule has 2 rings (SSSR count). The molecule has 1 aromatic heterocycles. The van der Waals surface area contributed by atoms with Gasteiger partial charge in [-0.2, -0.15) is 0 Å². The molecule has 0 aliphatic carbocycles. The van der Waals surface area contributed by atoms with E-state index in [-0.39, 0.29) is 17.3 Å². The lowest BCUT2D eigenvalue weighted by Gasteiger charge is -2.09. The van der Waals surface area contributed by atoms with Crippen molar-refractivity contribution in [3.63, 3.8) is 0 Å². The highest BCUT2D eigenvalue weighted by molar-refractivity contribution is 7.99. The minimum absolute atomic E-state index is 0.0928. The molecular weight excluding hydrogens is 347 g/mol. The van der Waals surface area contributed by atoms with Crippen LogP contribution in [-0.4, -0.2) is 26.4 Å². The van der Waals surface area contributed by atoms with E-state index >= 15 is 0 Å². The summed E-state index contributed by atoms with van der Waals surface area (Å²) in [6.45, 7) is 2.51. The summed E-state index contributed by atoms with van der Waals surface area (Å²) in [5.41, 5.74) is 0.100. The number of hydrogen-bond acceptors (Lipinski definition) is 4. The van der Waals surface area contributed by atoms with E-state index in [1.807, 2.05) is 6.92 Å². The van der Waals surface area contributed by atoms with Gasteiger partial charge in [-0.25, -0.2) is 9.89 Å². The molecule has 0 bridgehead atoms. The van der Waals surface area contributed by atoms with Crippen molar-refractivity contribution in [1.29, 1.82) is 0 Å². The highest BCUT2D eigenvalue weighted by Crippen LogP contribution is 2.30. The Morgan fingerprint density at radius 1 is 1.41 bits per heavy atom. The third-order valence-electron chi connectivity index (χ3n) is 2.73. The summed E-state index contributed by atoms with van der Waals surface area (Å²) in [7, 11) is 0. The van der Waals surface area contributed by atoms with E-state index in [2.05, 4.69) is 15.5 Å². The van der Waals surface area contributed by atoms with E-state index < -0.39 is 0 Å². The second-order valence-corrected chi connectivity index (χ2v) is 6.15. The van der Waals surface area contributed by atoms with Gasteiger partial charge >= 0.3 is 5.69 Å². The summed E-state index contributed by atoms with van der Waals surface area (Å²) in [4.78, 5) is 23.5. The number of anilines is 1. The first-order chi connectivity index (χ1) is 10.5. The number of nitrogens with zero attached hydrogens (tertiary/aromatic N) is 2. The van der Waals surface area contributed by atoms with Crippen molar-refractivity contribution in [2.75, 3.05) is 11.1 Å². The number of aromatic nitrogens is 3. The van der Waals surface area contributed by atoms with Gasteiger partial charge in [0.15, 0.2) is 5.16 Å². The zero-order chi connectivity index (χ0) is 16.1.